The van der Waals surface area contributed by atoms with Crippen LogP contribution in [0.4, 0.5) is 19.0 Å². The van der Waals surface area contributed by atoms with Crippen LogP contribution in [0.5, 0.6) is 0 Å². The average Bonchev–Trinajstić information content (AvgIpc) is 2.28. The first-order chi connectivity index (χ1) is 7.97. The molecule has 0 unspecified atom stereocenters. The summed E-state index contributed by atoms with van der Waals surface area (Å²) in [6.07, 6.45) is -3.43. The summed E-state index contributed by atoms with van der Waals surface area (Å²) in [6.45, 7) is 4.39. The number of piperazine rings is 1. The Morgan fingerprint density at radius 2 is 2.18 bits per heavy atom. The van der Waals surface area contributed by atoms with Gasteiger partial charge in [0.1, 0.15) is 5.82 Å². The highest BCUT2D eigenvalue weighted by Gasteiger charge is 2.31. The van der Waals surface area contributed by atoms with Crippen LogP contribution in [-0.2, 0) is 6.18 Å². The fourth-order valence-electron chi connectivity index (χ4n) is 1.88. The molecule has 1 N–H and O–H groups in total. The maximum atomic E-state index is 12.4. The van der Waals surface area contributed by atoms with Crippen LogP contribution in [0.2, 0.25) is 0 Å². The number of hydrogen-bond acceptors (Lipinski definition) is 3. The third-order valence-corrected chi connectivity index (χ3v) is 2.77. The molecule has 3 nitrogen and oxygen atoms in total. The molecular weight excluding hydrogens is 231 g/mol. The molecule has 1 fully saturated rings. The fraction of sp³-hybridized carbons (Fsp3) is 0.545. The summed E-state index contributed by atoms with van der Waals surface area (Å²) in [4.78, 5) is 5.87. The van der Waals surface area contributed by atoms with Crippen molar-refractivity contribution >= 4 is 5.82 Å². The molecule has 0 aromatic carbocycles. The van der Waals surface area contributed by atoms with Crippen LogP contribution >= 0.6 is 0 Å². The zero-order valence-corrected chi connectivity index (χ0v) is 9.46. The first-order valence-electron chi connectivity index (χ1n) is 5.48. The molecule has 0 spiro atoms. The molecule has 0 saturated carbocycles. The summed E-state index contributed by atoms with van der Waals surface area (Å²) in [5, 5.41) is 3.27. The Balaban J connectivity index is 2.12. The van der Waals surface area contributed by atoms with E-state index in [0.717, 1.165) is 31.9 Å². The summed E-state index contributed by atoms with van der Waals surface area (Å²) in [5.74, 6) is 0.603. The SMILES string of the molecule is C[C@H]1CN(c2ccc(C(F)(F)F)cn2)CCN1. The van der Waals surface area contributed by atoms with Gasteiger partial charge in [-0.15, -0.1) is 0 Å². The van der Waals surface area contributed by atoms with Crippen molar-refractivity contribution in [1.29, 1.82) is 0 Å². The number of rotatable bonds is 1. The van der Waals surface area contributed by atoms with Crippen molar-refractivity contribution < 1.29 is 13.2 Å². The number of halogens is 3. The number of aromatic nitrogens is 1. The maximum absolute atomic E-state index is 12.4. The zero-order chi connectivity index (χ0) is 12.5. The van der Waals surface area contributed by atoms with Crippen LogP contribution in [0.25, 0.3) is 0 Å². The predicted octanol–water partition coefficient (Wildman–Crippen LogP) is 1.90. The predicted molar refractivity (Wildman–Crippen MR) is 58.9 cm³/mol. The second-order valence-electron chi connectivity index (χ2n) is 4.20. The van der Waals surface area contributed by atoms with E-state index in [1.54, 1.807) is 0 Å². The minimum Gasteiger partial charge on any atom is -0.354 e. The Hall–Kier alpha value is -1.30. The minimum atomic E-state index is -4.32. The number of hydrogen-bond donors (Lipinski definition) is 1. The number of nitrogens with one attached hydrogen (secondary N) is 1. The third-order valence-electron chi connectivity index (χ3n) is 2.77. The summed E-state index contributed by atoms with van der Waals surface area (Å²) >= 11 is 0. The van der Waals surface area contributed by atoms with Crippen molar-refractivity contribution in [3.05, 3.63) is 23.9 Å². The Kier molecular flexibility index (Phi) is 3.24. The Morgan fingerprint density at radius 3 is 2.71 bits per heavy atom. The van der Waals surface area contributed by atoms with E-state index in [1.807, 2.05) is 11.8 Å². The first-order valence-corrected chi connectivity index (χ1v) is 5.48. The molecule has 6 heteroatoms. The van der Waals surface area contributed by atoms with Crippen molar-refractivity contribution in [2.45, 2.75) is 19.1 Å². The van der Waals surface area contributed by atoms with E-state index in [4.69, 9.17) is 0 Å². The van der Waals surface area contributed by atoms with Crippen molar-refractivity contribution in [3.63, 3.8) is 0 Å². The van der Waals surface area contributed by atoms with Crippen molar-refractivity contribution in [2.75, 3.05) is 24.5 Å². The van der Waals surface area contributed by atoms with Gasteiger partial charge in [0.15, 0.2) is 0 Å². The fourth-order valence-corrected chi connectivity index (χ4v) is 1.88. The molecule has 94 valence electrons. The standard InChI is InChI=1S/C11H14F3N3/c1-8-7-17(5-4-15-8)10-3-2-9(6-16-10)11(12,13)14/h2-3,6,8,15H,4-5,7H2,1H3/t8-/m0/s1. The van der Waals surface area contributed by atoms with Gasteiger partial charge in [-0.05, 0) is 19.1 Å². The Labute approximate surface area is 97.6 Å². The van der Waals surface area contributed by atoms with Crippen LogP contribution in [0.15, 0.2) is 18.3 Å². The largest absolute Gasteiger partial charge is 0.417 e. The normalized spacial score (nSPS) is 21.6. The van der Waals surface area contributed by atoms with Crippen molar-refractivity contribution in [2.24, 2.45) is 0 Å². The van der Waals surface area contributed by atoms with E-state index in [1.165, 1.54) is 6.07 Å². The second-order valence-corrected chi connectivity index (χ2v) is 4.20. The first kappa shape index (κ1) is 12.2. The molecule has 1 saturated heterocycles. The Bertz CT molecular complexity index is 375. The van der Waals surface area contributed by atoms with Crippen LogP contribution in [0.1, 0.15) is 12.5 Å². The topological polar surface area (TPSA) is 28.2 Å². The van der Waals surface area contributed by atoms with Gasteiger partial charge in [-0.2, -0.15) is 13.2 Å². The van der Waals surface area contributed by atoms with E-state index in [2.05, 4.69) is 10.3 Å². The minimum absolute atomic E-state index is 0.327. The van der Waals surface area contributed by atoms with Crippen molar-refractivity contribution in [1.82, 2.24) is 10.3 Å². The molecule has 0 radical (unpaired) electrons. The molecule has 2 heterocycles. The summed E-state index contributed by atoms with van der Waals surface area (Å²) in [5.41, 5.74) is -0.704. The number of alkyl halides is 3. The number of pyridine rings is 1. The van der Waals surface area contributed by atoms with Crippen LogP contribution in [-0.4, -0.2) is 30.7 Å². The second kappa shape index (κ2) is 4.52. The average molecular weight is 245 g/mol. The van der Waals surface area contributed by atoms with E-state index in [9.17, 15) is 13.2 Å². The summed E-state index contributed by atoms with van der Waals surface area (Å²) in [6, 6.07) is 2.84. The lowest BCUT2D eigenvalue weighted by molar-refractivity contribution is -0.137. The van der Waals surface area contributed by atoms with E-state index in [0.29, 0.717) is 11.9 Å². The molecule has 0 amide bonds. The van der Waals surface area contributed by atoms with Gasteiger partial charge >= 0.3 is 6.18 Å². The van der Waals surface area contributed by atoms with Crippen molar-refractivity contribution in [3.8, 4) is 0 Å². The quantitative estimate of drug-likeness (QED) is 0.819. The number of anilines is 1. The lowest BCUT2D eigenvalue weighted by Gasteiger charge is -2.32. The van der Waals surface area contributed by atoms with Gasteiger partial charge < -0.3 is 10.2 Å². The monoisotopic (exact) mass is 245 g/mol. The molecule has 0 aliphatic carbocycles. The van der Waals surface area contributed by atoms with E-state index in [-0.39, 0.29) is 0 Å². The van der Waals surface area contributed by atoms with Gasteiger partial charge in [0.2, 0.25) is 0 Å². The van der Waals surface area contributed by atoms with Gasteiger partial charge in [0.05, 0.1) is 5.56 Å². The van der Waals surface area contributed by atoms with Crippen LogP contribution < -0.4 is 10.2 Å². The van der Waals surface area contributed by atoms with E-state index >= 15 is 0 Å². The molecule has 1 aromatic rings. The van der Waals surface area contributed by atoms with Gasteiger partial charge in [-0.3, -0.25) is 0 Å². The molecule has 1 aliphatic rings. The zero-order valence-electron chi connectivity index (χ0n) is 9.46. The van der Waals surface area contributed by atoms with Crippen LogP contribution in [0.3, 0.4) is 0 Å². The molecule has 17 heavy (non-hydrogen) atoms. The van der Waals surface area contributed by atoms with Crippen LogP contribution in [0, 0.1) is 0 Å². The highest BCUT2D eigenvalue weighted by Crippen LogP contribution is 2.29. The molecule has 1 atom stereocenters. The van der Waals surface area contributed by atoms with Gasteiger partial charge in [-0.1, -0.05) is 0 Å². The molecule has 1 aromatic heterocycles. The molecule has 1 aliphatic heterocycles. The van der Waals surface area contributed by atoms with Gasteiger partial charge in [-0.25, -0.2) is 4.98 Å². The smallest absolute Gasteiger partial charge is 0.354 e. The Morgan fingerprint density at radius 1 is 1.41 bits per heavy atom. The van der Waals surface area contributed by atoms with Gasteiger partial charge in [0.25, 0.3) is 0 Å². The summed E-state index contributed by atoms with van der Waals surface area (Å²) < 4.78 is 37.1. The lowest BCUT2D eigenvalue weighted by Crippen LogP contribution is -2.49. The maximum Gasteiger partial charge on any atom is 0.417 e. The number of nitrogens with zero attached hydrogens (tertiary/aromatic N) is 2. The highest BCUT2D eigenvalue weighted by molar-refractivity contribution is 5.40. The molecule has 0 bridgehead atoms. The third kappa shape index (κ3) is 2.88. The van der Waals surface area contributed by atoms with E-state index < -0.39 is 11.7 Å². The summed E-state index contributed by atoms with van der Waals surface area (Å²) in [7, 11) is 0. The highest BCUT2D eigenvalue weighted by atomic mass is 19.4. The van der Waals surface area contributed by atoms with Gasteiger partial charge in [0, 0.05) is 31.9 Å². The molecule has 2 rings (SSSR count). The molecular formula is C11H14F3N3. The lowest BCUT2D eigenvalue weighted by atomic mass is 10.2.